The van der Waals surface area contributed by atoms with Gasteiger partial charge in [0.1, 0.15) is 0 Å². The van der Waals surface area contributed by atoms with E-state index in [1.807, 2.05) is 0 Å². The fourth-order valence-electron chi connectivity index (χ4n) is 0. The zero-order valence-electron chi connectivity index (χ0n) is 3.26. The molecule has 5 heteroatoms. The summed E-state index contributed by atoms with van der Waals surface area (Å²) in [5.74, 6) is 0. The Hall–Kier alpha value is 1.88. The molecule has 0 bridgehead atoms. The number of halogens is 2. The molecule has 0 aliphatic rings. The van der Waals surface area contributed by atoms with Crippen LogP contribution in [0.25, 0.3) is 0 Å². The van der Waals surface area contributed by atoms with Gasteiger partial charge in [-0.3, -0.25) is 0 Å². The SMILES string of the molecule is Cl[Si]Cl.[GeH3].[GeH3]. The van der Waals surface area contributed by atoms with Crippen molar-refractivity contribution in [2.75, 3.05) is 0 Å². The molecule has 0 spiro atoms. The van der Waals surface area contributed by atoms with E-state index in [9.17, 15) is 0 Å². The third-order valence-electron chi connectivity index (χ3n) is 0. The Bertz CT molecular complexity index is 7.61. The first kappa shape index (κ1) is 15.8. The Morgan fingerprint density at radius 1 is 1.00 bits per heavy atom. The summed E-state index contributed by atoms with van der Waals surface area (Å²) in [6.45, 7) is 0. The van der Waals surface area contributed by atoms with Crippen LogP contribution in [-0.2, 0) is 0 Å². The summed E-state index contributed by atoms with van der Waals surface area (Å²) >= 11 is 9.58. The fraction of sp³-hybridized carbons (Fsp3) is 0. The van der Waals surface area contributed by atoms with Crippen molar-refractivity contribution in [3.63, 3.8) is 0 Å². The van der Waals surface area contributed by atoms with Crippen LogP contribution in [0.4, 0.5) is 0 Å². The monoisotopic (exact) mass is 252 g/mol. The minimum atomic E-state index is 0. The van der Waals surface area contributed by atoms with E-state index >= 15 is 0 Å². The summed E-state index contributed by atoms with van der Waals surface area (Å²) in [5, 5.41) is 0. The van der Waals surface area contributed by atoms with Crippen molar-refractivity contribution >= 4 is 65.5 Å². The summed E-state index contributed by atoms with van der Waals surface area (Å²) in [4.78, 5) is 0. The molecule has 0 aliphatic carbocycles. The van der Waals surface area contributed by atoms with E-state index in [4.69, 9.17) is 22.2 Å². The molecule has 0 N–H and O–H groups in total. The second-order valence-corrected chi connectivity index (χ2v) is 1.93. The van der Waals surface area contributed by atoms with Gasteiger partial charge in [-0.1, -0.05) is 0 Å². The summed E-state index contributed by atoms with van der Waals surface area (Å²) in [7, 11) is 0.0278. The van der Waals surface area contributed by atoms with Crippen LogP contribution >= 0.6 is 22.2 Å². The predicted octanol–water partition coefficient (Wildman–Crippen LogP) is -1.37. The van der Waals surface area contributed by atoms with Crippen LogP contribution in [0.15, 0.2) is 0 Å². The van der Waals surface area contributed by atoms with Crippen molar-refractivity contribution in [3.05, 3.63) is 0 Å². The van der Waals surface area contributed by atoms with E-state index < -0.39 is 0 Å². The second-order valence-electron chi connectivity index (χ2n) is 0.0714. The molecule has 32 valence electrons. The molecule has 0 aliphatic heterocycles. The molecule has 0 nitrogen and oxygen atoms in total. The van der Waals surface area contributed by atoms with Crippen LogP contribution in [-0.4, -0.2) is 43.3 Å². The van der Waals surface area contributed by atoms with Gasteiger partial charge in [-0.05, 0) is 0 Å². The molecule has 0 saturated heterocycles. The van der Waals surface area contributed by atoms with Gasteiger partial charge in [0, 0.05) is 0 Å². The normalized spacial score (nSPS) is 3.60. The van der Waals surface area contributed by atoms with Crippen molar-refractivity contribution in [2.24, 2.45) is 0 Å². The van der Waals surface area contributed by atoms with Gasteiger partial charge in [0.2, 0.25) is 0 Å². The van der Waals surface area contributed by atoms with Crippen LogP contribution in [0.3, 0.4) is 0 Å². The van der Waals surface area contributed by atoms with Gasteiger partial charge in [0.15, 0.2) is 0 Å². The number of hydrogen-bond donors (Lipinski definition) is 0. The van der Waals surface area contributed by atoms with Crippen LogP contribution in [0, 0.1) is 0 Å². The van der Waals surface area contributed by atoms with Crippen LogP contribution in [0.5, 0.6) is 0 Å². The summed E-state index contributed by atoms with van der Waals surface area (Å²) in [5.41, 5.74) is 0. The Kier molecular flexibility index (Phi) is 53.3. The van der Waals surface area contributed by atoms with Gasteiger partial charge >= 0.3 is 35.2 Å². The molecular formula is H6Cl2Ge2Si. The van der Waals surface area contributed by atoms with Crippen molar-refractivity contribution < 1.29 is 0 Å². The summed E-state index contributed by atoms with van der Waals surface area (Å²) < 4.78 is 0. The molecule has 0 rings (SSSR count). The molecule has 0 aromatic heterocycles. The zero-order chi connectivity index (χ0) is 2.71. The van der Waals surface area contributed by atoms with Gasteiger partial charge in [0.05, 0.1) is 0 Å². The molecule has 0 unspecified atom stereocenters. The third kappa shape index (κ3) is 25.0. The zero-order valence-corrected chi connectivity index (χ0v) is 14.2. The van der Waals surface area contributed by atoms with Crippen molar-refractivity contribution in [1.29, 1.82) is 0 Å². The van der Waals surface area contributed by atoms with E-state index in [1.165, 1.54) is 0 Å². The van der Waals surface area contributed by atoms with Gasteiger partial charge in [-0.25, -0.2) is 0 Å². The van der Waals surface area contributed by atoms with E-state index in [-0.39, 0.29) is 43.3 Å². The molecule has 0 atom stereocenters. The first-order valence-electron chi connectivity index (χ1n) is 0.378. The van der Waals surface area contributed by atoms with Gasteiger partial charge in [-0.2, -0.15) is 0 Å². The van der Waals surface area contributed by atoms with Crippen molar-refractivity contribution in [3.8, 4) is 0 Å². The molecule has 4 radical (unpaired) electrons. The van der Waals surface area contributed by atoms with Crippen molar-refractivity contribution in [1.82, 2.24) is 0 Å². The van der Waals surface area contributed by atoms with E-state index in [1.54, 1.807) is 0 Å². The van der Waals surface area contributed by atoms with Gasteiger partial charge < -0.3 is 0 Å². The molecule has 0 heterocycles. The molecule has 0 saturated carbocycles. The second kappa shape index (κ2) is 16.9. The quantitative estimate of drug-likeness (QED) is 0.368. The minimum absolute atomic E-state index is 0. The van der Waals surface area contributed by atoms with Crippen LogP contribution in [0.1, 0.15) is 0 Å². The Balaban J connectivity index is -0.0000000200. The Morgan fingerprint density at radius 2 is 1.00 bits per heavy atom. The fourth-order valence-corrected chi connectivity index (χ4v) is 0. The van der Waals surface area contributed by atoms with E-state index in [2.05, 4.69) is 0 Å². The average Bonchev–Trinajstić information content (AvgIpc) is 0.918. The van der Waals surface area contributed by atoms with Crippen LogP contribution in [0.2, 0.25) is 0 Å². The van der Waals surface area contributed by atoms with E-state index in [0.29, 0.717) is 0 Å². The third-order valence-corrected chi connectivity index (χ3v) is 0. The van der Waals surface area contributed by atoms with Crippen LogP contribution < -0.4 is 0 Å². The molecular weight excluding hydrogens is 244 g/mol. The standard InChI is InChI=1S/Cl2Si.2GeH3/c1-3-2;;/h;2*1H3. The average molecular weight is 250 g/mol. The summed E-state index contributed by atoms with van der Waals surface area (Å²) in [6.07, 6.45) is 0. The maximum atomic E-state index is 4.79. The topological polar surface area (TPSA) is 0 Å². The first-order valence-corrected chi connectivity index (χ1v) is 3.40. The molecule has 0 amide bonds. The molecule has 5 heavy (non-hydrogen) atoms. The molecule has 0 aromatic carbocycles. The predicted molar refractivity (Wildman–Crippen MR) is 37.3 cm³/mol. The van der Waals surface area contributed by atoms with Gasteiger partial charge in [-0.15, -0.1) is 22.2 Å². The Morgan fingerprint density at radius 3 is 1.00 bits per heavy atom. The maximum absolute atomic E-state index is 4.79. The molecule has 0 fully saturated rings. The summed E-state index contributed by atoms with van der Waals surface area (Å²) in [6, 6.07) is 0. The first-order chi connectivity index (χ1) is 1.41. The van der Waals surface area contributed by atoms with Crippen molar-refractivity contribution in [2.45, 2.75) is 0 Å². The molecule has 0 aromatic rings. The number of rotatable bonds is 0. The van der Waals surface area contributed by atoms with Gasteiger partial charge in [0.25, 0.3) is 8.14 Å². The number of hydrogen-bond acceptors (Lipinski definition) is 0. The van der Waals surface area contributed by atoms with E-state index in [0.717, 1.165) is 0 Å². The Labute approximate surface area is 65.2 Å².